The zero-order valence-electron chi connectivity index (χ0n) is 9.58. The number of rotatable bonds is 4. The van der Waals surface area contributed by atoms with Gasteiger partial charge in [0.05, 0.1) is 6.54 Å². The fourth-order valence-electron chi connectivity index (χ4n) is 1.46. The minimum absolute atomic E-state index is 0.0473. The summed E-state index contributed by atoms with van der Waals surface area (Å²) in [7, 11) is 3.60. The van der Waals surface area contributed by atoms with Crippen LogP contribution in [-0.4, -0.2) is 31.4 Å². The van der Waals surface area contributed by atoms with Gasteiger partial charge in [-0.3, -0.25) is 9.69 Å². The zero-order valence-corrected chi connectivity index (χ0v) is 9.58. The van der Waals surface area contributed by atoms with Crippen LogP contribution in [0, 0.1) is 6.92 Å². The lowest BCUT2D eigenvalue weighted by Gasteiger charge is -2.16. The van der Waals surface area contributed by atoms with Crippen molar-refractivity contribution in [2.45, 2.75) is 13.5 Å². The molecule has 1 rings (SSSR count). The Hall–Kier alpha value is -1.35. The van der Waals surface area contributed by atoms with Gasteiger partial charge in [-0.05, 0) is 25.1 Å². The van der Waals surface area contributed by atoms with Crippen LogP contribution in [0.15, 0.2) is 24.3 Å². The molecule has 0 aromatic heterocycles. The molecule has 1 amide bonds. The molecule has 0 fully saturated rings. The summed E-state index contributed by atoms with van der Waals surface area (Å²) >= 11 is 0. The largest absolute Gasteiger partial charge is 0.358 e. The van der Waals surface area contributed by atoms with Gasteiger partial charge in [0.25, 0.3) is 0 Å². The highest BCUT2D eigenvalue weighted by Crippen LogP contribution is 2.08. The Morgan fingerprint density at radius 3 is 2.67 bits per heavy atom. The van der Waals surface area contributed by atoms with Crippen molar-refractivity contribution in [1.29, 1.82) is 0 Å². The summed E-state index contributed by atoms with van der Waals surface area (Å²) in [6.07, 6.45) is 0. The normalized spacial score (nSPS) is 10.4. The number of likely N-dealkylation sites (N-methyl/N-ethyl adjacent to an activating group) is 2. The van der Waals surface area contributed by atoms with E-state index in [1.807, 2.05) is 24.1 Å². The quantitative estimate of drug-likeness (QED) is 0.802. The Morgan fingerprint density at radius 2 is 2.07 bits per heavy atom. The van der Waals surface area contributed by atoms with Gasteiger partial charge in [-0.25, -0.2) is 0 Å². The fourth-order valence-corrected chi connectivity index (χ4v) is 1.46. The Labute approximate surface area is 91.1 Å². The Bertz CT molecular complexity index is 336. The lowest BCUT2D eigenvalue weighted by molar-refractivity contribution is -0.121. The van der Waals surface area contributed by atoms with E-state index in [1.54, 1.807) is 7.05 Å². The molecule has 3 heteroatoms. The molecule has 0 radical (unpaired) electrons. The molecular formula is C12H18N2O. The van der Waals surface area contributed by atoms with Crippen LogP contribution >= 0.6 is 0 Å². The molecule has 82 valence electrons. The molecule has 3 nitrogen and oxygen atoms in total. The maximum absolute atomic E-state index is 11.1. The minimum Gasteiger partial charge on any atom is -0.358 e. The van der Waals surface area contributed by atoms with Crippen LogP contribution < -0.4 is 5.32 Å². The van der Waals surface area contributed by atoms with Crippen molar-refractivity contribution in [3.05, 3.63) is 35.4 Å². The summed E-state index contributed by atoms with van der Waals surface area (Å²) in [5.74, 6) is 0.0473. The summed E-state index contributed by atoms with van der Waals surface area (Å²) in [5, 5.41) is 2.62. The standard InChI is InChI=1S/C12H18N2O/c1-10-6-4-5-7-11(10)8-14(3)9-12(15)13-2/h4-7H,8-9H2,1-3H3,(H,13,15). The number of hydrogen-bond donors (Lipinski definition) is 1. The van der Waals surface area contributed by atoms with Crippen molar-refractivity contribution >= 4 is 5.91 Å². The van der Waals surface area contributed by atoms with Crippen molar-refractivity contribution < 1.29 is 4.79 Å². The molecular weight excluding hydrogens is 188 g/mol. The fraction of sp³-hybridized carbons (Fsp3) is 0.417. The Balaban J connectivity index is 2.55. The number of hydrogen-bond acceptors (Lipinski definition) is 2. The maximum Gasteiger partial charge on any atom is 0.233 e. The van der Waals surface area contributed by atoms with Crippen LogP contribution in [0.3, 0.4) is 0 Å². The molecule has 0 unspecified atom stereocenters. The molecule has 0 saturated heterocycles. The molecule has 0 saturated carbocycles. The second kappa shape index (κ2) is 5.51. The highest BCUT2D eigenvalue weighted by atomic mass is 16.1. The van der Waals surface area contributed by atoms with Gasteiger partial charge in [-0.1, -0.05) is 24.3 Å². The second-order valence-electron chi connectivity index (χ2n) is 3.77. The summed E-state index contributed by atoms with van der Waals surface area (Å²) in [6, 6.07) is 8.23. The van der Waals surface area contributed by atoms with E-state index >= 15 is 0 Å². The van der Waals surface area contributed by atoms with E-state index in [-0.39, 0.29) is 5.91 Å². The van der Waals surface area contributed by atoms with Crippen LogP contribution in [0.2, 0.25) is 0 Å². The van der Waals surface area contributed by atoms with Gasteiger partial charge in [0.15, 0.2) is 0 Å². The Morgan fingerprint density at radius 1 is 1.40 bits per heavy atom. The third kappa shape index (κ3) is 3.72. The van der Waals surface area contributed by atoms with Crippen LogP contribution in [0.4, 0.5) is 0 Å². The van der Waals surface area contributed by atoms with Crippen molar-refractivity contribution in [1.82, 2.24) is 10.2 Å². The number of carbonyl (C=O) groups is 1. The van der Waals surface area contributed by atoms with Crippen molar-refractivity contribution in [3.8, 4) is 0 Å². The predicted molar refractivity (Wildman–Crippen MR) is 61.6 cm³/mol. The molecule has 0 aliphatic heterocycles. The second-order valence-corrected chi connectivity index (χ2v) is 3.77. The molecule has 15 heavy (non-hydrogen) atoms. The summed E-state index contributed by atoms with van der Waals surface area (Å²) in [6.45, 7) is 3.33. The monoisotopic (exact) mass is 206 g/mol. The first-order valence-electron chi connectivity index (χ1n) is 5.07. The molecule has 0 bridgehead atoms. The topological polar surface area (TPSA) is 32.3 Å². The lowest BCUT2D eigenvalue weighted by Crippen LogP contribution is -2.32. The lowest BCUT2D eigenvalue weighted by atomic mass is 10.1. The first-order valence-corrected chi connectivity index (χ1v) is 5.07. The Kier molecular flexibility index (Phi) is 4.31. The smallest absolute Gasteiger partial charge is 0.233 e. The summed E-state index contributed by atoms with van der Waals surface area (Å²) in [4.78, 5) is 13.1. The predicted octanol–water partition coefficient (Wildman–Crippen LogP) is 1.17. The number of aryl methyl sites for hydroxylation is 1. The van der Waals surface area contributed by atoms with Gasteiger partial charge < -0.3 is 5.32 Å². The zero-order chi connectivity index (χ0) is 11.3. The number of carbonyl (C=O) groups excluding carboxylic acids is 1. The first kappa shape index (κ1) is 11.7. The maximum atomic E-state index is 11.1. The molecule has 1 aromatic rings. The molecule has 0 heterocycles. The van der Waals surface area contributed by atoms with Crippen molar-refractivity contribution in [2.24, 2.45) is 0 Å². The van der Waals surface area contributed by atoms with Crippen molar-refractivity contribution in [2.75, 3.05) is 20.6 Å². The van der Waals surface area contributed by atoms with Gasteiger partial charge >= 0.3 is 0 Å². The minimum atomic E-state index is 0.0473. The van der Waals surface area contributed by atoms with Gasteiger partial charge in [0.2, 0.25) is 5.91 Å². The van der Waals surface area contributed by atoms with Gasteiger partial charge in [0, 0.05) is 13.6 Å². The van der Waals surface area contributed by atoms with Crippen LogP contribution in [0.25, 0.3) is 0 Å². The van der Waals surface area contributed by atoms with Crippen LogP contribution in [-0.2, 0) is 11.3 Å². The number of nitrogens with one attached hydrogen (secondary N) is 1. The van der Waals surface area contributed by atoms with Gasteiger partial charge in [-0.15, -0.1) is 0 Å². The molecule has 0 aliphatic rings. The molecule has 0 aliphatic carbocycles. The first-order chi connectivity index (χ1) is 7.13. The average Bonchev–Trinajstić information content (AvgIpc) is 2.21. The highest BCUT2D eigenvalue weighted by molar-refractivity contribution is 5.77. The van der Waals surface area contributed by atoms with Crippen LogP contribution in [0.5, 0.6) is 0 Å². The van der Waals surface area contributed by atoms with E-state index in [2.05, 4.69) is 24.4 Å². The van der Waals surface area contributed by atoms with Crippen molar-refractivity contribution in [3.63, 3.8) is 0 Å². The van der Waals surface area contributed by atoms with Gasteiger partial charge in [0.1, 0.15) is 0 Å². The third-order valence-corrected chi connectivity index (χ3v) is 2.39. The van der Waals surface area contributed by atoms with E-state index in [0.717, 1.165) is 6.54 Å². The van der Waals surface area contributed by atoms with Crippen LogP contribution in [0.1, 0.15) is 11.1 Å². The molecule has 0 atom stereocenters. The van der Waals surface area contributed by atoms with E-state index in [1.165, 1.54) is 11.1 Å². The number of nitrogens with zero attached hydrogens (tertiary/aromatic N) is 1. The third-order valence-electron chi connectivity index (χ3n) is 2.39. The van der Waals surface area contributed by atoms with E-state index in [4.69, 9.17) is 0 Å². The molecule has 0 spiro atoms. The van der Waals surface area contributed by atoms with E-state index in [0.29, 0.717) is 6.54 Å². The molecule has 1 aromatic carbocycles. The van der Waals surface area contributed by atoms with Gasteiger partial charge in [-0.2, -0.15) is 0 Å². The number of benzene rings is 1. The SMILES string of the molecule is CNC(=O)CN(C)Cc1ccccc1C. The van der Waals surface area contributed by atoms with E-state index < -0.39 is 0 Å². The average molecular weight is 206 g/mol. The molecule has 1 N–H and O–H groups in total. The number of amides is 1. The summed E-state index contributed by atoms with van der Waals surface area (Å²) < 4.78 is 0. The summed E-state index contributed by atoms with van der Waals surface area (Å²) in [5.41, 5.74) is 2.53. The van der Waals surface area contributed by atoms with E-state index in [9.17, 15) is 4.79 Å². The highest BCUT2D eigenvalue weighted by Gasteiger charge is 2.06.